The van der Waals surface area contributed by atoms with Crippen molar-refractivity contribution in [3.05, 3.63) is 36.4 Å². The molecule has 0 atom stereocenters. The lowest BCUT2D eigenvalue weighted by Crippen LogP contribution is -2.10. The Kier molecular flexibility index (Phi) is 3.30. The van der Waals surface area contributed by atoms with E-state index in [4.69, 9.17) is 4.74 Å². The number of anilines is 2. The third kappa shape index (κ3) is 2.69. The molecule has 1 N–H and O–H groups in total. The predicted octanol–water partition coefficient (Wildman–Crippen LogP) is 2.58. The van der Waals surface area contributed by atoms with Crippen LogP contribution in [0.4, 0.5) is 11.5 Å². The Balaban J connectivity index is 1.51. The Labute approximate surface area is 127 Å². The minimum absolute atomic E-state index is 0.353. The number of ether oxygens (including phenoxy) is 1. The first-order valence-electron chi connectivity index (χ1n) is 7.46. The monoisotopic (exact) mass is 296 g/mol. The van der Waals surface area contributed by atoms with Crippen molar-refractivity contribution >= 4 is 17.2 Å². The van der Waals surface area contributed by atoms with Crippen molar-refractivity contribution in [3.63, 3.8) is 0 Å². The quantitative estimate of drug-likeness (QED) is 0.797. The van der Waals surface area contributed by atoms with Crippen molar-refractivity contribution in [3.8, 4) is 5.75 Å². The molecule has 1 aliphatic rings. The number of nitrogens with zero attached hydrogens (tertiary/aromatic N) is 5. The zero-order valence-corrected chi connectivity index (χ0v) is 12.0. The van der Waals surface area contributed by atoms with E-state index < -0.39 is 0 Å². The fourth-order valence-electron chi connectivity index (χ4n) is 2.71. The summed E-state index contributed by atoms with van der Waals surface area (Å²) in [5.41, 5.74) is 1.54. The van der Waals surface area contributed by atoms with Crippen LogP contribution in [-0.4, -0.2) is 31.4 Å². The highest BCUT2D eigenvalue weighted by atomic mass is 16.5. The molecule has 1 aliphatic carbocycles. The smallest absolute Gasteiger partial charge is 0.200 e. The first-order valence-corrected chi connectivity index (χ1v) is 7.46. The minimum Gasteiger partial charge on any atom is -0.490 e. The molecule has 22 heavy (non-hydrogen) atoms. The molecule has 2 heterocycles. The SMILES string of the molecule is c1cc(Nc2ccc3nnnn3n2)cc(OC2CCCC2)c1. The molecular weight excluding hydrogens is 280 g/mol. The van der Waals surface area contributed by atoms with E-state index in [1.54, 1.807) is 0 Å². The van der Waals surface area contributed by atoms with Crippen LogP contribution in [0.3, 0.4) is 0 Å². The van der Waals surface area contributed by atoms with Gasteiger partial charge in [0.1, 0.15) is 5.75 Å². The van der Waals surface area contributed by atoms with Crippen molar-refractivity contribution in [2.75, 3.05) is 5.32 Å². The molecule has 0 bridgehead atoms. The van der Waals surface area contributed by atoms with Crippen molar-refractivity contribution in [1.82, 2.24) is 25.3 Å². The predicted molar refractivity (Wildman–Crippen MR) is 81.2 cm³/mol. The van der Waals surface area contributed by atoms with Crippen LogP contribution in [0.1, 0.15) is 25.7 Å². The summed E-state index contributed by atoms with van der Waals surface area (Å²) < 4.78 is 7.40. The molecule has 4 rings (SSSR count). The number of rotatable bonds is 4. The second kappa shape index (κ2) is 5.59. The van der Waals surface area contributed by atoms with E-state index in [1.807, 2.05) is 36.4 Å². The lowest BCUT2D eigenvalue weighted by molar-refractivity contribution is 0.210. The summed E-state index contributed by atoms with van der Waals surface area (Å²) in [5, 5.41) is 18.7. The number of hydrogen-bond donors (Lipinski definition) is 1. The lowest BCUT2D eigenvalue weighted by Gasteiger charge is -2.14. The average Bonchev–Trinajstić information content (AvgIpc) is 3.18. The van der Waals surface area contributed by atoms with Gasteiger partial charge in [0.15, 0.2) is 11.5 Å². The van der Waals surface area contributed by atoms with E-state index in [-0.39, 0.29) is 0 Å². The van der Waals surface area contributed by atoms with Gasteiger partial charge in [0, 0.05) is 11.8 Å². The number of tetrazole rings is 1. The van der Waals surface area contributed by atoms with Crippen LogP contribution in [0.15, 0.2) is 36.4 Å². The number of nitrogens with one attached hydrogen (secondary N) is 1. The summed E-state index contributed by atoms with van der Waals surface area (Å²) in [4.78, 5) is 0. The van der Waals surface area contributed by atoms with E-state index in [0.717, 1.165) is 24.3 Å². The minimum atomic E-state index is 0.353. The molecule has 0 unspecified atom stereocenters. The molecule has 0 aliphatic heterocycles. The second-order valence-electron chi connectivity index (χ2n) is 5.42. The van der Waals surface area contributed by atoms with Crippen LogP contribution < -0.4 is 10.1 Å². The third-order valence-electron chi connectivity index (χ3n) is 3.78. The van der Waals surface area contributed by atoms with Crippen LogP contribution in [-0.2, 0) is 0 Å². The molecule has 0 saturated heterocycles. The number of aromatic nitrogens is 5. The van der Waals surface area contributed by atoms with Gasteiger partial charge in [-0.2, -0.15) is 0 Å². The van der Waals surface area contributed by atoms with Crippen LogP contribution in [0.2, 0.25) is 0 Å². The van der Waals surface area contributed by atoms with Gasteiger partial charge in [-0.05, 0) is 60.4 Å². The van der Waals surface area contributed by atoms with Crippen molar-refractivity contribution in [2.45, 2.75) is 31.8 Å². The van der Waals surface area contributed by atoms with Gasteiger partial charge in [-0.3, -0.25) is 0 Å². The van der Waals surface area contributed by atoms with Gasteiger partial charge >= 0.3 is 0 Å². The lowest BCUT2D eigenvalue weighted by atomic mass is 10.2. The Morgan fingerprint density at radius 3 is 2.95 bits per heavy atom. The Morgan fingerprint density at radius 2 is 2.05 bits per heavy atom. The molecule has 1 fully saturated rings. The van der Waals surface area contributed by atoms with Crippen LogP contribution in [0.5, 0.6) is 5.75 Å². The molecule has 0 amide bonds. The highest BCUT2D eigenvalue weighted by Crippen LogP contribution is 2.26. The summed E-state index contributed by atoms with van der Waals surface area (Å²) in [7, 11) is 0. The van der Waals surface area contributed by atoms with Gasteiger partial charge < -0.3 is 10.1 Å². The first-order chi connectivity index (χ1) is 10.9. The largest absolute Gasteiger partial charge is 0.490 e. The fourth-order valence-corrected chi connectivity index (χ4v) is 2.71. The van der Waals surface area contributed by atoms with Gasteiger partial charge in [-0.1, -0.05) is 6.07 Å². The number of fused-ring (bicyclic) bond motifs is 1. The van der Waals surface area contributed by atoms with Crippen molar-refractivity contribution in [1.29, 1.82) is 0 Å². The van der Waals surface area contributed by atoms with Gasteiger partial charge in [0.05, 0.1) is 6.10 Å². The fraction of sp³-hybridized carbons (Fsp3) is 0.333. The molecule has 7 nitrogen and oxygen atoms in total. The Morgan fingerprint density at radius 1 is 1.14 bits per heavy atom. The standard InChI is InChI=1S/C15H16N6O/c1-2-6-12(5-1)22-13-7-3-4-11(10-13)16-14-8-9-15-17-19-20-21(15)18-14/h3-4,7-10,12H,1-2,5-6H2,(H,16,18). The van der Waals surface area contributed by atoms with E-state index in [0.29, 0.717) is 17.6 Å². The van der Waals surface area contributed by atoms with Crippen LogP contribution >= 0.6 is 0 Å². The molecule has 0 radical (unpaired) electrons. The maximum atomic E-state index is 6.01. The molecule has 1 aromatic carbocycles. The molecule has 112 valence electrons. The Bertz CT molecular complexity index is 780. The molecule has 7 heteroatoms. The molecule has 2 aromatic heterocycles. The zero-order chi connectivity index (χ0) is 14.8. The summed E-state index contributed by atoms with van der Waals surface area (Å²) in [6.07, 6.45) is 5.17. The van der Waals surface area contributed by atoms with E-state index in [2.05, 4.69) is 25.9 Å². The summed E-state index contributed by atoms with van der Waals surface area (Å²) in [5.74, 6) is 1.57. The summed E-state index contributed by atoms with van der Waals surface area (Å²) in [6.45, 7) is 0. The topological polar surface area (TPSA) is 77.2 Å². The zero-order valence-electron chi connectivity index (χ0n) is 12.0. The van der Waals surface area contributed by atoms with Crippen molar-refractivity contribution < 1.29 is 4.74 Å². The number of benzene rings is 1. The molecule has 3 aromatic rings. The van der Waals surface area contributed by atoms with Gasteiger partial charge in [-0.15, -0.1) is 14.8 Å². The maximum Gasteiger partial charge on any atom is 0.200 e. The highest BCUT2D eigenvalue weighted by Gasteiger charge is 2.16. The van der Waals surface area contributed by atoms with E-state index >= 15 is 0 Å². The average molecular weight is 296 g/mol. The number of hydrogen-bond acceptors (Lipinski definition) is 6. The molecule has 0 spiro atoms. The molecular formula is C15H16N6O. The van der Waals surface area contributed by atoms with Crippen LogP contribution in [0, 0.1) is 0 Å². The summed E-state index contributed by atoms with van der Waals surface area (Å²) in [6, 6.07) is 11.6. The van der Waals surface area contributed by atoms with Crippen molar-refractivity contribution in [2.24, 2.45) is 0 Å². The van der Waals surface area contributed by atoms with E-state index in [9.17, 15) is 0 Å². The molecule has 1 saturated carbocycles. The van der Waals surface area contributed by atoms with Gasteiger partial charge in [0.2, 0.25) is 0 Å². The highest BCUT2D eigenvalue weighted by molar-refractivity contribution is 5.58. The first kappa shape index (κ1) is 13.0. The van der Waals surface area contributed by atoms with Gasteiger partial charge in [0.25, 0.3) is 0 Å². The maximum absolute atomic E-state index is 6.01. The van der Waals surface area contributed by atoms with E-state index in [1.165, 1.54) is 17.5 Å². The second-order valence-corrected chi connectivity index (χ2v) is 5.42. The Hall–Kier alpha value is -2.70. The summed E-state index contributed by atoms with van der Waals surface area (Å²) >= 11 is 0. The van der Waals surface area contributed by atoms with Crippen LogP contribution in [0.25, 0.3) is 5.65 Å². The normalized spacial score (nSPS) is 15.3. The third-order valence-corrected chi connectivity index (χ3v) is 3.78. The van der Waals surface area contributed by atoms with Gasteiger partial charge in [-0.25, -0.2) is 0 Å².